The van der Waals surface area contributed by atoms with E-state index in [2.05, 4.69) is 30.8 Å². The van der Waals surface area contributed by atoms with Crippen LogP contribution in [0.1, 0.15) is 10.5 Å². The van der Waals surface area contributed by atoms with Crippen LogP contribution in [-0.2, 0) is 0 Å². The summed E-state index contributed by atoms with van der Waals surface area (Å²) in [6.07, 6.45) is 6.34. The van der Waals surface area contributed by atoms with Crippen LogP contribution in [0.4, 0.5) is 16.2 Å². The fraction of sp³-hybridized carbons (Fsp3) is 0. The Hall–Kier alpha value is -4.27. The summed E-state index contributed by atoms with van der Waals surface area (Å²) < 4.78 is 0. The molecule has 9 heteroatoms. The molecule has 28 heavy (non-hydrogen) atoms. The van der Waals surface area contributed by atoms with E-state index in [0.29, 0.717) is 16.8 Å². The number of carbonyl (C=O) groups excluding carboxylic acids is 2. The number of nitrogens with zero attached hydrogens (tertiary/aromatic N) is 3. The summed E-state index contributed by atoms with van der Waals surface area (Å²) in [6.45, 7) is 0. The summed E-state index contributed by atoms with van der Waals surface area (Å²) in [7, 11) is 0. The Morgan fingerprint density at radius 3 is 2.57 bits per heavy atom. The zero-order valence-corrected chi connectivity index (χ0v) is 14.5. The number of rotatable bonds is 4. The van der Waals surface area contributed by atoms with Crippen LogP contribution in [0.3, 0.4) is 0 Å². The lowest BCUT2D eigenvalue weighted by Gasteiger charge is -2.06. The summed E-state index contributed by atoms with van der Waals surface area (Å²) in [5, 5.41) is 12.9. The molecule has 4 aromatic rings. The number of anilines is 2. The number of urea groups is 1. The monoisotopic (exact) mass is 373 g/mol. The van der Waals surface area contributed by atoms with Crippen molar-refractivity contribution in [1.29, 1.82) is 0 Å². The molecule has 3 aromatic heterocycles. The minimum atomic E-state index is -0.668. The van der Waals surface area contributed by atoms with Gasteiger partial charge in [0.05, 0.1) is 29.3 Å². The van der Waals surface area contributed by atoms with Gasteiger partial charge < -0.3 is 16.4 Å². The maximum absolute atomic E-state index is 12.6. The van der Waals surface area contributed by atoms with E-state index in [-0.39, 0.29) is 11.6 Å². The molecule has 3 amide bonds. The van der Waals surface area contributed by atoms with Gasteiger partial charge in [0.15, 0.2) is 5.69 Å². The van der Waals surface area contributed by atoms with Gasteiger partial charge in [0, 0.05) is 23.3 Å². The van der Waals surface area contributed by atoms with Gasteiger partial charge in [-0.15, -0.1) is 0 Å². The van der Waals surface area contributed by atoms with Gasteiger partial charge in [-0.05, 0) is 35.9 Å². The molecule has 0 fully saturated rings. The number of fused-ring (bicyclic) bond motifs is 1. The maximum Gasteiger partial charge on any atom is 0.316 e. The first-order valence-corrected chi connectivity index (χ1v) is 8.31. The highest BCUT2D eigenvalue weighted by atomic mass is 16.2. The third-order valence-electron chi connectivity index (χ3n) is 4.04. The quantitative estimate of drug-likeness (QED) is 0.436. The number of carbonyl (C=O) groups is 2. The van der Waals surface area contributed by atoms with Crippen molar-refractivity contribution in [1.82, 2.24) is 20.2 Å². The second kappa shape index (κ2) is 7.16. The van der Waals surface area contributed by atoms with Crippen molar-refractivity contribution in [3.05, 3.63) is 66.9 Å². The van der Waals surface area contributed by atoms with Gasteiger partial charge in [0.2, 0.25) is 0 Å². The summed E-state index contributed by atoms with van der Waals surface area (Å²) in [5.41, 5.74) is 8.76. The molecule has 0 saturated heterocycles. The molecule has 0 spiro atoms. The molecule has 4 rings (SSSR count). The fourth-order valence-corrected chi connectivity index (χ4v) is 2.80. The molecule has 0 saturated carbocycles. The smallest absolute Gasteiger partial charge is 0.316 e. The predicted molar refractivity (Wildman–Crippen MR) is 105 cm³/mol. The number of hydrogen-bond donors (Lipinski definition) is 4. The van der Waals surface area contributed by atoms with Crippen LogP contribution in [0.15, 0.2) is 61.2 Å². The Morgan fingerprint density at radius 2 is 1.79 bits per heavy atom. The van der Waals surface area contributed by atoms with Crippen molar-refractivity contribution in [2.45, 2.75) is 0 Å². The fourth-order valence-electron chi connectivity index (χ4n) is 2.80. The van der Waals surface area contributed by atoms with Crippen LogP contribution in [0.5, 0.6) is 0 Å². The van der Waals surface area contributed by atoms with Crippen molar-refractivity contribution in [3.8, 4) is 11.1 Å². The average Bonchev–Trinajstić information content (AvgIpc) is 3.12. The highest BCUT2D eigenvalue weighted by Gasteiger charge is 2.15. The van der Waals surface area contributed by atoms with E-state index in [4.69, 9.17) is 5.73 Å². The number of primary amides is 1. The van der Waals surface area contributed by atoms with Crippen LogP contribution in [-0.4, -0.2) is 32.1 Å². The van der Waals surface area contributed by atoms with Crippen LogP contribution < -0.4 is 16.4 Å². The number of amides is 3. The van der Waals surface area contributed by atoms with Gasteiger partial charge >= 0.3 is 6.03 Å². The Bertz CT molecular complexity index is 1170. The largest absolute Gasteiger partial charge is 0.351 e. The van der Waals surface area contributed by atoms with Gasteiger partial charge in [0.25, 0.3) is 5.91 Å². The second-order valence-electron chi connectivity index (χ2n) is 5.98. The number of nitrogens with one attached hydrogen (secondary N) is 3. The molecule has 0 aliphatic carbocycles. The van der Waals surface area contributed by atoms with Crippen LogP contribution in [0.25, 0.3) is 22.0 Å². The molecule has 0 unspecified atom stereocenters. The molecule has 0 aliphatic rings. The van der Waals surface area contributed by atoms with Crippen molar-refractivity contribution < 1.29 is 9.59 Å². The first kappa shape index (κ1) is 17.2. The number of aromatic amines is 1. The molecule has 0 atom stereocenters. The van der Waals surface area contributed by atoms with E-state index in [1.165, 1.54) is 6.20 Å². The third-order valence-corrected chi connectivity index (χ3v) is 4.04. The van der Waals surface area contributed by atoms with Crippen molar-refractivity contribution in [3.63, 3.8) is 0 Å². The van der Waals surface area contributed by atoms with Crippen molar-refractivity contribution >= 4 is 34.2 Å². The molecule has 9 nitrogen and oxygen atoms in total. The van der Waals surface area contributed by atoms with E-state index in [0.717, 1.165) is 16.6 Å². The number of nitrogens with two attached hydrogens (primary N) is 1. The normalized spacial score (nSPS) is 10.6. The Labute approximate surface area is 159 Å². The van der Waals surface area contributed by atoms with Gasteiger partial charge in [-0.25, -0.2) is 4.79 Å². The van der Waals surface area contributed by atoms with Crippen molar-refractivity contribution in [2.75, 3.05) is 10.6 Å². The SMILES string of the molecule is NC(=O)Nc1cncc(-c2ccc3[nH]nc(C(=O)Nc4cccnc4)c3c2)c1. The second-order valence-corrected chi connectivity index (χ2v) is 5.98. The molecule has 0 radical (unpaired) electrons. The average molecular weight is 373 g/mol. The first-order chi connectivity index (χ1) is 13.6. The zero-order chi connectivity index (χ0) is 19.5. The highest BCUT2D eigenvalue weighted by Crippen LogP contribution is 2.27. The zero-order valence-electron chi connectivity index (χ0n) is 14.5. The molecule has 0 bridgehead atoms. The number of pyridine rings is 2. The lowest BCUT2D eigenvalue weighted by atomic mass is 10.0. The lowest BCUT2D eigenvalue weighted by molar-refractivity contribution is 0.102. The molecule has 5 N–H and O–H groups in total. The number of hydrogen-bond acceptors (Lipinski definition) is 5. The molecule has 0 aliphatic heterocycles. The summed E-state index contributed by atoms with van der Waals surface area (Å²) in [4.78, 5) is 31.8. The standard InChI is InChI=1S/C19H15N7O2/c20-19(28)24-14-6-12(8-22-10-14)11-3-4-16-15(7-11)17(26-25-16)18(27)23-13-2-1-5-21-9-13/h1-10H,(H,23,27)(H,25,26)(H3,20,24,28). The van der Waals surface area contributed by atoms with Gasteiger partial charge in [-0.3, -0.25) is 19.9 Å². The van der Waals surface area contributed by atoms with E-state index in [9.17, 15) is 9.59 Å². The van der Waals surface area contributed by atoms with Crippen LogP contribution in [0, 0.1) is 0 Å². The number of H-pyrrole nitrogens is 1. The van der Waals surface area contributed by atoms with Crippen LogP contribution >= 0.6 is 0 Å². The highest BCUT2D eigenvalue weighted by molar-refractivity contribution is 6.11. The summed E-state index contributed by atoms with van der Waals surface area (Å²) in [6, 6.07) is 10.1. The van der Waals surface area contributed by atoms with Gasteiger partial charge in [-0.2, -0.15) is 5.10 Å². The molecule has 3 heterocycles. The summed E-state index contributed by atoms with van der Waals surface area (Å²) in [5.74, 6) is -0.348. The van der Waals surface area contributed by atoms with E-state index < -0.39 is 6.03 Å². The Morgan fingerprint density at radius 1 is 0.929 bits per heavy atom. The Kier molecular flexibility index (Phi) is 4.38. The molecular weight excluding hydrogens is 358 g/mol. The molecule has 138 valence electrons. The summed E-state index contributed by atoms with van der Waals surface area (Å²) >= 11 is 0. The number of aromatic nitrogens is 4. The van der Waals surface area contributed by atoms with Gasteiger partial charge in [0.1, 0.15) is 0 Å². The van der Waals surface area contributed by atoms with E-state index in [1.54, 1.807) is 36.8 Å². The lowest BCUT2D eigenvalue weighted by Crippen LogP contribution is -2.19. The number of benzene rings is 1. The molecular formula is C19H15N7O2. The first-order valence-electron chi connectivity index (χ1n) is 8.31. The van der Waals surface area contributed by atoms with Gasteiger partial charge in [-0.1, -0.05) is 6.07 Å². The van der Waals surface area contributed by atoms with Crippen molar-refractivity contribution in [2.24, 2.45) is 5.73 Å². The minimum Gasteiger partial charge on any atom is -0.351 e. The minimum absolute atomic E-state index is 0.264. The third kappa shape index (κ3) is 3.49. The predicted octanol–water partition coefficient (Wildman–Crippen LogP) is 2.76. The molecule has 1 aromatic carbocycles. The topological polar surface area (TPSA) is 139 Å². The van der Waals surface area contributed by atoms with E-state index >= 15 is 0 Å². The maximum atomic E-state index is 12.6. The Balaban J connectivity index is 1.68. The van der Waals surface area contributed by atoms with E-state index in [1.807, 2.05) is 18.2 Å². The van der Waals surface area contributed by atoms with Crippen LogP contribution in [0.2, 0.25) is 0 Å².